The Bertz CT molecular complexity index is 1010. The Morgan fingerprint density at radius 3 is 2.12 bits per heavy atom. The van der Waals surface area contributed by atoms with Gasteiger partial charge in [-0.25, -0.2) is 0 Å². The molecule has 2 aromatic rings. The van der Waals surface area contributed by atoms with Crippen LogP contribution in [0, 0.1) is 12.8 Å². The first-order valence-corrected chi connectivity index (χ1v) is 10.3. The highest BCUT2D eigenvalue weighted by Gasteiger charge is 2.46. The largest absolute Gasteiger partial charge is 0.416 e. The molecule has 1 saturated heterocycles. The molecule has 1 amide bonds. The Hall–Kier alpha value is -2.71. The van der Waals surface area contributed by atoms with Crippen LogP contribution in [-0.2, 0) is 17.1 Å². The molecule has 1 aliphatic carbocycles. The molecule has 0 spiro atoms. The molecular formula is C23H22F6N2O. The predicted octanol–water partition coefficient (Wildman–Crippen LogP) is 5.48. The molecular weight excluding hydrogens is 434 g/mol. The second kappa shape index (κ2) is 8.01. The van der Waals surface area contributed by atoms with Crippen molar-refractivity contribution in [2.45, 2.75) is 31.6 Å². The molecule has 1 aliphatic heterocycles. The molecule has 0 N–H and O–H groups in total. The number of anilines is 1. The van der Waals surface area contributed by atoms with Gasteiger partial charge in [-0.2, -0.15) is 26.3 Å². The normalized spacial score (nSPS) is 21.6. The van der Waals surface area contributed by atoms with Gasteiger partial charge in [-0.15, -0.1) is 0 Å². The monoisotopic (exact) mass is 456 g/mol. The summed E-state index contributed by atoms with van der Waals surface area (Å²) in [5, 5.41) is 0. The van der Waals surface area contributed by atoms with Crippen molar-refractivity contribution in [1.29, 1.82) is 0 Å². The van der Waals surface area contributed by atoms with Crippen LogP contribution in [0.1, 0.15) is 34.6 Å². The lowest BCUT2D eigenvalue weighted by Crippen LogP contribution is -2.49. The number of aryl methyl sites for hydroxylation is 1. The Labute approximate surface area is 181 Å². The highest BCUT2D eigenvalue weighted by molar-refractivity contribution is 5.83. The minimum absolute atomic E-state index is 0.104. The summed E-state index contributed by atoms with van der Waals surface area (Å²) in [6.07, 6.45) is -8.35. The van der Waals surface area contributed by atoms with E-state index in [1.54, 1.807) is 17.9 Å². The number of benzene rings is 2. The predicted molar refractivity (Wildman–Crippen MR) is 107 cm³/mol. The van der Waals surface area contributed by atoms with Crippen LogP contribution >= 0.6 is 0 Å². The third-order valence-electron chi connectivity index (χ3n) is 6.22. The summed E-state index contributed by atoms with van der Waals surface area (Å²) in [7, 11) is 0. The van der Waals surface area contributed by atoms with Crippen molar-refractivity contribution in [3.63, 3.8) is 0 Å². The lowest BCUT2D eigenvalue weighted by molar-refractivity contribution is -0.138. The van der Waals surface area contributed by atoms with Crippen molar-refractivity contribution in [2.24, 2.45) is 5.92 Å². The molecule has 1 saturated carbocycles. The minimum atomic E-state index is -4.43. The van der Waals surface area contributed by atoms with E-state index in [4.69, 9.17) is 0 Å². The number of carbonyl (C=O) groups excluding carboxylic acids is 1. The van der Waals surface area contributed by atoms with Crippen LogP contribution in [0.2, 0.25) is 0 Å². The van der Waals surface area contributed by atoms with Crippen LogP contribution in [0.25, 0.3) is 0 Å². The molecule has 2 aliphatic rings. The lowest BCUT2D eigenvalue weighted by atomic mass is 10.0. The van der Waals surface area contributed by atoms with Gasteiger partial charge in [-0.1, -0.05) is 24.3 Å². The van der Waals surface area contributed by atoms with Gasteiger partial charge in [0, 0.05) is 37.8 Å². The Morgan fingerprint density at radius 1 is 0.875 bits per heavy atom. The molecule has 2 fully saturated rings. The smallest absolute Gasteiger partial charge is 0.368 e. The van der Waals surface area contributed by atoms with Gasteiger partial charge in [0.15, 0.2) is 0 Å². The standard InChI is InChI=1S/C23H22F6N2O/c1-14-5-6-17(23(27,28)29)12-20(14)30-7-9-31(10-8-30)21(32)19-13-18(19)15-3-2-4-16(11-15)22(24,25)26/h2-6,11-12,18-19H,7-10,13H2,1H3/t18-,19-/m0/s1. The second-order valence-electron chi connectivity index (χ2n) is 8.38. The van der Waals surface area contributed by atoms with E-state index in [0.717, 1.165) is 29.8 Å². The summed E-state index contributed by atoms with van der Waals surface area (Å²) in [6, 6.07) is 8.72. The zero-order valence-electron chi connectivity index (χ0n) is 17.3. The molecule has 2 atom stereocenters. The fourth-order valence-corrected chi connectivity index (χ4v) is 4.31. The number of rotatable bonds is 3. The van der Waals surface area contributed by atoms with Crippen LogP contribution in [-0.4, -0.2) is 37.0 Å². The number of carbonyl (C=O) groups is 1. The summed E-state index contributed by atoms with van der Waals surface area (Å²) in [5.41, 5.74) is 0.304. The van der Waals surface area contributed by atoms with Gasteiger partial charge in [-0.05, 0) is 48.6 Å². The molecule has 2 aromatic carbocycles. The van der Waals surface area contributed by atoms with E-state index in [2.05, 4.69) is 0 Å². The maximum atomic E-state index is 13.1. The summed E-state index contributed by atoms with van der Waals surface area (Å²) < 4.78 is 78.0. The Balaban J connectivity index is 1.38. The van der Waals surface area contributed by atoms with Crippen molar-refractivity contribution < 1.29 is 31.1 Å². The van der Waals surface area contributed by atoms with Crippen LogP contribution in [0.4, 0.5) is 32.0 Å². The zero-order chi connectivity index (χ0) is 23.3. The van der Waals surface area contributed by atoms with Crippen LogP contribution in [0.3, 0.4) is 0 Å². The third-order valence-corrected chi connectivity index (χ3v) is 6.22. The Morgan fingerprint density at radius 2 is 1.50 bits per heavy atom. The number of piperazine rings is 1. The maximum Gasteiger partial charge on any atom is 0.416 e. The third kappa shape index (κ3) is 4.56. The van der Waals surface area contributed by atoms with Crippen molar-refractivity contribution in [1.82, 2.24) is 4.90 Å². The number of hydrogen-bond acceptors (Lipinski definition) is 2. The lowest BCUT2D eigenvalue weighted by Gasteiger charge is -2.37. The van der Waals surface area contributed by atoms with E-state index in [-0.39, 0.29) is 17.7 Å². The molecule has 172 valence electrons. The van der Waals surface area contributed by atoms with E-state index in [9.17, 15) is 31.1 Å². The SMILES string of the molecule is Cc1ccc(C(F)(F)F)cc1N1CCN(C(=O)[C@H]2C[C@H]2c2cccc(C(F)(F)F)c2)CC1. The van der Waals surface area contributed by atoms with Gasteiger partial charge in [-0.3, -0.25) is 4.79 Å². The molecule has 0 unspecified atom stereocenters. The van der Waals surface area contributed by atoms with E-state index in [1.165, 1.54) is 12.1 Å². The van der Waals surface area contributed by atoms with Gasteiger partial charge in [0.1, 0.15) is 0 Å². The van der Waals surface area contributed by atoms with Crippen LogP contribution in [0.15, 0.2) is 42.5 Å². The summed E-state index contributed by atoms with van der Waals surface area (Å²) in [5.74, 6) is -0.679. The summed E-state index contributed by atoms with van der Waals surface area (Å²) in [4.78, 5) is 16.4. The van der Waals surface area contributed by atoms with E-state index in [0.29, 0.717) is 43.9 Å². The number of amides is 1. The molecule has 0 radical (unpaired) electrons. The second-order valence-corrected chi connectivity index (χ2v) is 8.38. The summed E-state index contributed by atoms with van der Waals surface area (Å²) in [6.45, 7) is 3.27. The molecule has 4 rings (SSSR count). The first-order valence-electron chi connectivity index (χ1n) is 10.3. The highest BCUT2D eigenvalue weighted by Crippen LogP contribution is 2.49. The van der Waals surface area contributed by atoms with Crippen molar-refractivity contribution in [3.8, 4) is 0 Å². The topological polar surface area (TPSA) is 23.6 Å². The molecule has 32 heavy (non-hydrogen) atoms. The van der Waals surface area contributed by atoms with Crippen LogP contribution < -0.4 is 4.90 Å². The van der Waals surface area contributed by atoms with E-state index >= 15 is 0 Å². The number of halogens is 6. The first-order chi connectivity index (χ1) is 14.9. The first kappa shape index (κ1) is 22.5. The average molecular weight is 456 g/mol. The van der Waals surface area contributed by atoms with Gasteiger partial charge in [0.25, 0.3) is 0 Å². The fourth-order valence-electron chi connectivity index (χ4n) is 4.31. The molecule has 3 nitrogen and oxygen atoms in total. The van der Waals surface area contributed by atoms with Crippen molar-refractivity contribution in [3.05, 3.63) is 64.7 Å². The van der Waals surface area contributed by atoms with Gasteiger partial charge >= 0.3 is 12.4 Å². The van der Waals surface area contributed by atoms with Crippen LogP contribution in [0.5, 0.6) is 0 Å². The van der Waals surface area contributed by atoms with E-state index < -0.39 is 23.5 Å². The van der Waals surface area contributed by atoms with E-state index in [1.807, 2.05) is 4.90 Å². The quantitative estimate of drug-likeness (QED) is 0.571. The number of alkyl halides is 6. The van der Waals surface area contributed by atoms with Gasteiger partial charge in [0.2, 0.25) is 5.91 Å². The number of hydrogen-bond donors (Lipinski definition) is 0. The zero-order valence-corrected chi connectivity index (χ0v) is 17.3. The molecule has 9 heteroatoms. The van der Waals surface area contributed by atoms with Crippen molar-refractivity contribution in [2.75, 3.05) is 31.1 Å². The minimum Gasteiger partial charge on any atom is -0.368 e. The average Bonchev–Trinajstić information content (AvgIpc) is 3.53. The molecule has 0 aromatic heterocycles. The highest BCUT2D eigenvalue weighted by atomic mass is 19.4. The fraction of sp³-hybridized carbons (Fsp3) is 0.435. The number of nitrogens with zero attached hydrogens (tertiary/aromatic N) is 2. The molecule has 0 bridgehead atoms. The van der Waals surface area contributed by atoms with Crippen molar-refractivity contribution >= 4 is 11.6 Å². The molecule has 1 heterocycles. The maximum absolute atomic E-state index is 13.1. The Kier molecular flexibility index (Phi) is 5.63. The van der Waals surface area contributed by atoms with Gasteiger partial charge in [0.05, 0.1) is 11.1 Å². The summed E-state index contributed by atoms with van der Waals surface area (Å²) >= 11 is 0. The van der Waals surface area contributed by atoms with Gasteiger partial charge < -0.3 is 9.80 Å².